The minimum atomic E-state index is 0. The fraction of sp³-hybridized carbons (Fsp3) is 0.778. The predicted molar refractivity (Wildman–Crippen MR) is 114 cm³/mol. The van der Waals surface area contributed by atoms with Crippen LogP contribution >= 0.6 is 24.0 Å². The average molecular weight is 477 g/mol. The van der Waals surface area contributed by atoms with E-state index in [0.717, 1.165) is 64.7 Å². The molecule has 1 amide bonds. The molecule has 148 valence electrons. The third-order valence-corrected chi connectivity index (χ3v) is 5.26. The first-order chi connectivity index (χ1) is 12.1. The van der Waals surface area contributed by atoms with Crippen molar-refractivity contribution in [1.29, 1.82) is 0 Å². The van der Waals surface area contributed by atoms with Crippen LogP contribution in [0.25, 0.3) is 0 Å². The highest BCUT2D eigenvalue weighted by Gasteiger charge is 2.30. The maximum atomic E-state index is 11.9. The molecule has 26 heavy (non-hydrogen) atoms. The molecule has 3 aliphatic heterocycles. The summed E-state index contributed by atoms with van der Waals surface area (Å²) >= 11 is 0. The van der Waals surface area contributed by atoms with E-state index in [0.29, 0.717) is 12.0 Å². The molecule has 3 aliphatic rings. The van der Waals surface area contributed by atoms with Crippen molar-refractivity contribution >= 4 is 35.8 Å². The third-order valence-electron chi connectivity index (χ3n) is 5.26. The smallest absolute Gasteiger partial charge is 0.243 e. The van der Waals surface area contributed by atoms with Crippen LogP contribution in [0.3, 0.4) is 0 Å². The summed E-state index contributed by atoms with van der Waals surface area (Å²) in [5.41, 5.74) is 0. The Morgan fingerprint density at radius 3 is 2.73 bits per heavy atom. The van der Waals surface area contributed by atoms with Crippen LogP contribution in [0.15, 0.2) is 17.1 Å². The zero-order valence-electron chi connectivity index (χ0n) is 15.9. The zero-order chi connectivity index (χ0) is 17.6. The Morgan fingerprint density at radius 2 is 2.08 bits per heavy atom. The van der Waals surface area contributed by atoms with E-state index < -0.39 is 0 Å². The normalized spacial score (nSPS) is 26.2. The van der Waals surface area contributed by atoms with Gasteiger partial charge in [-0.2, -0.15) is 0 Å². The molecule has 0 bridgehead atoms. The van der Waals surface area contributed by atoms with Gasteiger partial charge in [0.25, 0.3) is 0 Å². The molecule has 2 unspecified atom stereocenters. The number of amides is 1. The summed E-state index contributed by atoms with van der Waals surface area (Å²) in [5.74, 6) is 1.44. The number of rotatable bonds is 5. The average Bonchev–Trinajstić information content (AvgIpc) is 3.35. The van der Waals surface area contributed by atoms with E-state index in [2.05, 4.69) is 32.3 Å². The van der Waals surface area contributed by atoms with Crippen LogP contribution in [-0.4, -0.2) is 99.2 Å². The Hall–Kier alpha value is -0.870. The quantitative estimate of drug-likeness (QED) is 0.273. The molecule has 2 fully saturated rings. The second-order valence-electron chi connectivity index (χ2n) is 7.35. The highest BCUT2D eigenvalue weighted by Crippen LogP contribution is 2.18. The van der Waals surface area contributed by atoms with Gasteiger partial charge in [0.2, 0.25) is 5.91 Å². The monoisotopic (exact) mass is 477 g/mol. The molecule has 3 rings (SSSR count). The van der Waals surface area contributed by atoms with Crippen molar-refractivity contribution in [2.75, 3.05) is 66.6 Å². The minimum absolute atomic E-state index is 0. The van der Waals surface area contributed by atoms with E-state index in [9.17, 15) is 4.79 Å². The molecule has 0 saturated carbocycles. The van der Waals surface area contributed by atoms with Gasteiger partial charge in [-0.15, -0.1) is 24.0 Å². The number of hydrogen-bond acceptors (Lipinski definition) is 4. The molecule has 0 aromatic heterocycles. The van der Waals surface area contributed by atoms with E-state index >= 15 is 0 Å². The molecule has 1 N–H and O–H groups in total. The van der Waals surface area contributed by atoms with Gasteiger partial charge >= 0.3 is 0 Å². The molecule has 7 nitrogen and oxygen atoms in total. The SMILES string of the molecule is CN(C)C(=O)CN=C(NCC1CCOC1)N1CCC(N2CC=CC2)C1.I. The Labute approximate surface area is 173 Å². The number of likely N-dealkylation sites (N-methyl/N-ethyl adjacent to an activating group) is 1. The number of ether oxygens (including phenoxy) is 1. The van der Waals surface area contributed by atoms with Crippen LogP contribution < -0.4 is 5.32 Å². The van der Waals surface area contributed by atoms with Crippen LogP contribution in [0.2, 0.25) is 0 Å². The second kappa shape index (κ2) is 10.5. The lowest BCUT2D eigenvalue weighted by atomic mass is 10.1. The molecule has 0 aromatic rings. The number of nitrogens with one attached hydrogen (secondary N) is 1. The Bertz CT molecular complexity index is 512. The van der Waals surface area contributed by atoms with Crippen molar-refractivity contribution in [2.24, 2.45) is 10.9 Å². The van der Waals surface area contributed by atoms with Crippen LogP contribution in [0.4, 0.5) is 0 Å². The lowest BCUT2D eigenvalue weighted by Crippen LogP contribution is -2.44. The number of nitrogens with zero attached hydrogens (tertiary/aromatic N) is 4. The number of hydrogen-bond donors (Lipinski definition) is 1. The van der Waals surface area contributed by atoms with E-state index in [4.69, 9.17) is 4.74 Å². The molecule has 0 aromatic carbocycles. The number of likely N-dealkylation sites (tertiary alicyclic amines) is 1. The Kier molecular flexibility index (Phi) is 8.62. The Balaban J connectivity index is 0.00000243. The van der Waals surface area contributed by atoms with Gasteiger partial charge in [0, 0.05) is 65.4 Å². The van der Waals surface area contributed by atoms with Gasteiger partial charge in [-0.3, -0.25) is 9.69 Å². The summed E-state index contributed by atoms with van der Waals surface area (Å²) in [7, 11) is 3.54. The van der Waals surface area contributed by atoms with Crippen molar-refractivity contribution in [3.63, 3.8) is 0 Å². The maximum absolute atomic E-state index is 11.9. The van der Waals surface area contributed by atoms with Gasteiger partial charge in [-0.25, -0.2) is 4.99 Å². The highest BCUT2D eigenvalue weighted by atomic mass is 127. The Morgan fingerprint density at radius 1 is 1.31 bits per heavy atom. The van der Waals surface area contributed by atoms with Gasteiger partial charge in [0.05, 0.1) is 6.61 Å². The molecule has 0 radical (unpaired) electrons. The fourth-order valence-electron chi connectivity index (χ4n) is 3.56. The van der Waals surface area contributed by atoms with Crippen molar-refractivity contribution < 1.29 is 9.53 Å². The number of aliphatic imine (C=N–C) groups is 1. The van der Waals surface area contributed by atoms with Gasteiger partial charge in [0.15, 0.2) is 5.96 Å². The standard InChI is InChI=1S/C18H31N5O2.HI/c1-21(2)17(24)12-20-18(19-11-15-6-10-25-14-15)23-9-5-16(13-23)22-7-3-4-8-22;/h3-4,15-16H,5-14H2,1-2H3,(H,19,20);1H. The largest absolute Gasteiger partial charge is 0.381 e. The van der Waals surface area contributed by atoms with Gasteiger partial charge in [-0.05, 0) is 12.8 Å². The summed E-state index contributed by atoms with van der Waals surface area (Å²) < 4.78 is 5.46. The molecule has 2 saturated heterocycles. The first kappa shape index (κ1) is 21.4. The van der Waals surface area contributed by atoms with Crippen LogP contribution in [0, 0.1) is 5.92 Å². The van der Waals surface area contributed by atoms with E-state index in [1.165, 1.54) is 0 Å². The van der Waals surface area contributed by atoms with Crippen LogP contribution in [-0.2, 0) is 9.53 Å². The van der Waals surface area contributed by atoms with Crippen LogP contribution in [0.1, 0.15) is 12.8 Å². The highest BCUT2D eigenvalue weighted by molar-refractivity contribution is 14.0. The fourth-order valence-corrected chi connectivity index (χ4v) is 3.56. The molecule has 8 heteroatoms. The number of halogens is 1. The molecule has 3 heterocycles. The summed E-state index contributed by atoms with van der Waals surface area (Å²) in [6, 6.07) is 0.571. The van der Waals surface area contributed by atoms with Gasteiger partial charge in [0.1, 0.15) is 6.54 Å². The zero-order valence-corrected chi connectivity index (χ0v) is 18.2. The first-order valence-corrected chi connectivity index (χ1v) is 9.33. The van der Waals surface area contributed by atoms with Gasteiger partial charge < -0.3 is 19.9 Å². The minimum Gasteiger partial charge on any atom is -0.381 e. The predicted octanol–water partition coefficient (Wildman–Crippen LogP) is 0.621. The van der Waals surface area contributed by atoms with Gasteiger partial charge in [-0.1, -0.05) is 12.2 Å². The molecule has 2 atom stereocenters. The summed E-state index contributed by atoms with van der Waals surface area (Å²) in [4.78, 5) is 23.0. The maximum Gasteiger partial charge on any atom is 0.243 e. The lowest BCUT2D eigenvalue weighted by molar-refractivity contribution is -0.127. The molecule has 0 spiro atoms. The van der Waals surface area contributed by atoms with E-state index in [1.54, 1.807) is 19.0 Å². The van der Waals surface area contributed by atoms with E-state index in [1.807, 2.05) is 0 Å². The summed E-state index contributed by atoms with van der Waals surface area (Å²) in [6.07, 6.45) is 6.73. The van der Waals surface area contributed by atoms with Crippen molar-refractivity contribution in [2.45, 2.75) is 18.9 Å². The molecular formula is C18H32IN5O2. The summed E-state index contributed by atoms with van der Waals surface area (Å²) in [5, 5.41) is 3.50. The first-order valence-electron chi connectivity index (χ1n) is 9.33. The van der Waals surface area contributed by atoms with Crippen molar-refractivity contribution in [3.8, 4) is 0 Å². The third kappa shape index (κ3) is 5.82. The summed E-state index contributed by atoms with van der Waals surface area (Å²) in [6.45, 7) is 6.80. The number of carbonyl (C=O) groups excluding carboxylic acids is 1. The number of carbonyl (C=O) groups is 1. The van der Waals surface area contributed by atoms with Crippen molar-refractivity contribution in [1.82, 2.24) is 20.0 Å². The van der Waals surface area contributed by atoms with Crippen molar-refractivity contribution in [3.05, 3.63) is 12.2 Å². The van der Waals surface area contributed by atoms with E-state index in [-0.39, 0.29) is 36.4 Å². The second-order valence-corrected chi connectivity index (χ2v) is 7.35. The topological polar surface area (TPSA) is 60.4 Å². The number of guanidine groups is 1. The molecular weight excluding hydrogens is 445 g/mol. The molecule has 0 aliphatic carbocycles. The lowest BCUT2D eigenvalue weighted by Gasteiger charge is -2.26. The van der Waals surface area contributed by atoms with Crippen LogP contribution in [0.5, 0.6) is 0 Å².